The average Bonchev–Trinajstić information content (AvgIpc) is 2.79. The van der Waals surface area contributed by atoms with E-state index < -0.39 is 0 Å². The SMILES string of the molecule is CCCCCCOc1ccc([C@@H]2OC[C@H]3O[C@@H](c4ccc(Cl)cc4)CC[C@@H]3O2)cc1. The first kappa shape index (κ1) is 21.6. The minimum Gasteiger partial charge on any atom is -0.494 e. The molecule has 2 heterocycles. The van der Waals surface area contributed by atoms with Crippen LogP contribution in [0.15, 0.2) is 48.5 Å². The van der Waals surface area contributed by atoms with Crippen LogP contribution in [-0.4, -0.2) is 25.4 Å². The second-order valence-corrected chi connectivity index (χ2v) is 8.55. The predicted molar refractivity (Wildman–Crippen MR) is 118 cm³/mol. The smallest absolute Gasteiger partial charge is 0.184 e. The predicted octanol–water partition coefficient (Wildman–Crippen LogP) is 6.63. The van der Waals surface area contributed by atoms with Crippen LogP contribution in [0, 0.1) is 0 Å². The molecule has 0 aromatic heterocycles. The van der Waals surface area contributed by atoms with Crippen LogP contribution >= 0.6 is 11.6 Å². The van der Waals surface area contributed by atoms with Crippen molar-refractivity contribution in [3.05, 3.63) is 64.7 Å². The molecule has 2 aliphatic rings. The molecule has 4 atom stereocenters. The zero-order valence-corrected chi connectivity index (χ0v) is 18.4. The third-order valence-corrected chi connectivity index (χ3v) is 6.09. The summed E-state index contributed by atoms with van der Waals surface area (Å²) < 4.78 is 24.3. The molecule has 0 bridgehead atoms. The number of benzene rings is 2. The molecule has 0 amide bonds. The Balaban J connectivity index is 1.27. The Morgan fingerprint density at radius 2 is 1.63 bits per heavy atom. The summed E-state index contributed by atoms with van der Waals surface area (Å²) >= 11 is 6.00. The number of fused-ring (bicyclic) bond motifs is 1. The summed E-state index contributed by atoms with van der Waals surface area (Å²) in [6.45, 7) is 3.52. The number of ether oxygens (including phenoxy) is 4. The Hall–Kier alpha value is -1.59. The van der Waals surface area contributed by atoms with Crippen molar-refractivity contribution in [1.82, 2.24) is 0 Å². The highest BCUT2D eigenvalue weighted by Gasteiger charge is 2.38. The van der Waals surface area contributed by atoms with Crippen molar-refractivity contribution >= 4 is 11.6 Å². The standard InChI is InChI=1S/C25H31ClO4/c1-2-3-4-5-16-27-21-12-8-19(9-13-21)25-28-17-24-23(30-25)15-14-22(29-24)18-6-10-20(26)11-7-18/h6-13,22-25H,2-5,14-17H2,1H3/t22-,23+,24-,25-/m1/s1. The molecule has 2 aliphatic heterocycles. The highest BCUT2D eigenvalue weighted by molar-refractivity contribution is 6.30. The largest absolute Gasteiger partial charge is 0.494 e. The van der Waals surface area contributed by atoms with E-state index >= 15 is 0 Å². The van der Waals surface area contributed by atoms with Gasteiger partial charge in [0, 0.05) is 10.6 Å². The minimum absolute atomic E-state index is 0.0404. The number of hydrogen-bond donors (Lipinski definition) is 0. The van der Waals surface area contributed by atoms with Crippen molar-refractivity contribution in [1.29, 1.82) is 0 Å². The summed E-state index contributed by atoms with van der Waals surface area (Å²) in [5, 5.41) is 0.743. The lowest BCUT2D eigenvalue weighted by molar-refractivity contribution is -0.289. The van der Waals surface area contributed by atoms with Crippen molar-refractivity contribution in [2.45, 2.75) is 70.1 Å². The van der Waals surface area contributed by atoms with Crippen molar-refractivity contribution in [2.24, 2.45) is 0 Å². The lowest BCUT2D eigenvalue weighted by Gasteiger charge is -2.42. The zero-order chi connectivity index (χ0) is 20.8. The second kappa shape index (κ2) is 10.6. The number of unbranched alkanes of at least 4 members (excludes halogenated alkanes) is 3. The lowest BCUT2D eigenvalue weighted by atomic mass is 9.96. The normalized spacial score (nSPS) is 26.2. The van der Waals surface area contributed by atoms with E-state index in [1.54, 1.807) is 0 Å². The molecule has 0 aliphatic carbocycles. The van der Waals surface area contributed by atoms with Crippen LogP contribution in [0.2, 0.25) is 5.02 Å². The van der Waals surface area contributed by atoms with Gasteiger partial charge in [-0.25, -0.2) is 0 Å². The van der Waals surface area contributed by atoms with Crippen molar-refractivity contribution < 1.29 is 18.9 Å². The Labute approximate surface area is 184 Å². The lowest BCUT2D eigenvalue weighted by Crippen LogP contribution is -2.45. The quantitative estimate of drug-likeness (QED) is 0.440. The molecule has 0 spiro atoms. The minimum atomic E-state index is -0.347. The fourth-order valence-electron chi connectivity index (χ4n) is 4.09. The summed E-state index contributed by atoms with van der Waals surface area (Å²) in [4.78, 5) is 0. The molecule has 0 N–H and O–H groups in total. The van der Waals surface area contributed by atoms with Crippen LogP contribution in [0.5, 0.6) is 5.75 Å². The monoisotopic (exact) mass is 430 g/mol. The highest BCUT2D eigenvalue weighted by atomic mass is 35.5. The van der Waals surface area contributed by atoms with Gasteiger partial charge in [0.05, 0.1) is 25.4 Å². The Morgan fingerprint density at radius 3 is 2.40 bits per heavy atom. The number of hydrogen-bond acceptors (Lipinski definition) is 4. The maximum Gasteiger partial charge on any atom is 0.184 e. The first-order chi connectivity index (χ1) is 14.7. The Morgan fingerprint density at radius 1 is 0.867 bits per heavy atom. The van der Waals surface area contributed by atoms with E-state index in [1.165, 1.54) is 19.3 Å². The fraction of sp³-hybridized carbons (Fsp3) is 0.520. The molecule has 4 nitrogen and oxygen atoms in total. The van der Waals surface area contributed by atoms with Crippen LogP contribution in [0.25, 0.3) is 0 Å². The Kier molecular flexibility index (Phi) is 7.67. The van der Waals surface area contributed by atoms with Gasteiger partial charge < -0.3 is 18.9 Å². The van der Waals surface area contributed by atoms with E-state index in [4.69, 9.17) is 30.5 Å². The molecule has 0 radical (unpaired) electrons. The molecule has 5 heteroatoms. The number of rotatable bonds is 8. The highest BCUT2D eigenvalue weighted by Crippen LogP contribution is 2.38. The summed E-state index contributed by atoms with van der Waals surface area (Å²) in [5.41, 5.74) is 2.18. The Bertz CT molecular complexity index is 777. The van der Waals surface area contributed by atoms with Gasteiger partial charge in [0.15, 0.2) is 6.29 Å². The van der Waals surface area contributed by atoms with Gasteiger partial charge in [-0.2, -0.15) is 0 Å². The van der Waals surface area contributed by atoms with Gasteiger partial charge in [-0.1, -0.05) is 62.1 Å². The molecule has 2 aromatic rings. The van der Waals surface area contributed by atoms with Gasteiger partial charge >= 0.3 is 0 Å². The molecule has 162 valence electrons. The van der Waals surface area contributed by atoms with Crippen LogP contribution in [-0.2, 0) is 14.2 Å². The molecule has 30 heavy (non-hydrogen) atoms. The van der Waals surface area contributed by atoms with Gasteiger partial charge in [-0.05, 0) is 49.1 Å². The topological polar surface area (TPSA) is 36.9 Å². The maximum atomic E-state index is 6.28. The van der Waals surface area contributed by atoms with Gasteiger partial charge in [0.1, 0.15) is 11.9 Å². The van der Waals surface area contributed by atoms with Crippen LogP contribution in [0.3, 0.4) is 0 Å². The van der Waals surface area contributed by atoms with Gasteiger partial charge in [-0.15, -0.1) is 0 Å². The zero-order valence-electron chi connectivity index (χ0n) is 17.6. The summed E-state index contributed by atoms with van der Waals surface area (Å²) in [6.07, 6.45) is 6.46. The van der Waals surface area contributed by atoms with Crippen molar-refractivity contribution in [2.75, 3.05) is 13.2 Å². The van der Waals surface area contributed by atoms with E-state index in [2.05, 4.69) is 6.92 Å². The molecule has 2 aromatic carbocycles. The molecule has 2 fully saturated rings. The average molecular weight is 431 g/mol. The summed E-state index contributed by atoms with van der Waals surface area (Å²) in [7, 11) is 0. The van der Waals surface area contributed by atoms with Gasteiger partial charge in [-0.3, -0.25) is 0 Å². The first-order valence-electron chi connectivity index (χ1n) is 11.1. The van der Waals surface area contributed by atoms with Crippen LogP contribution in [0.4, 0.5) is 0 Å². The molecule has 0 saturated carbocycles. The van der Waals surface area contributed by atoms with E-state index in [-0.39, 0.29) is 24.6 Å². The molecular weight excluding hydrogens is 400 g/mol. The van der Waals surface area contributed by atoms with E-state index in [9.17, 15) is 0 Å². The summed E-state index contributed by atoms with van der Waals surface area (Å²) in [5.74, 6) is 0.899. The second-order valence-electron chi connectivity index (χ2n) is 8.11. The molecule has 4 rings (SSSR count). The molecular formula is C25H31ClO4. The first-order valence-corrected chi connectivity index (χ1v) is 11.5. The molecule has 2 saturated heterocycles. The van der Waals surface area contributed by atoms with E-state index in [1.807, 2.05) is 48.5 Å². The van der Waals surface area contributed by atoms with Crippen LogP contribution < -0.4 is 4.74 Å². The maximum absolute atomic E-state index is 6.28. The van der Waals surface area contributed by atoms with E-state index in [0.29, 0.717) is 6.61 Å². The van der Waals surface area contributed by atoms with Gasteiger partial charge in [0.2, 0.25) is 0 Å². The van der Waals surface area contributed by atoms with Crippen molar-refractivity contribution in [3.63, 3.8) is 0 Å². The van der Waals surface area contributed by atoms with Gasteiger partial charge in [0.25, 0.3) is 0 Å². The third kappa shape index (κ3) is 5.55. The third-order valence-electron chi connectivity index (χ3n) is 5.84. The fourth-order valence-corrected chi connectivity index (χ4v) is 4.21. The van der Waals surface area contributed by atoms with E-state index in [0.717, 1.165) is 47.8 Å². The van der Waals surface area contributed by atoms with Crippen molar-refractivity contribution in [3.8, 4) is 5.75 Å². The molecule has 0 unspecified atom stereocenters. The number of halogens is 1. The summed E-state index contributed by atoms with van der Waals surface area (Å²) in [6, 6.07) is 16.0. The van der Waals surface area contributed by atoms with Crippen LogP contribution in [0.1, 0.15) is 69.0 Å².